The van der Waals surface area contributed by atoms with Crippen LogP contribution in [0.3, 0.4) is 0 Å². The summed E-state index contributed by atoms with van der Waals surface area (Å²) in [4.78, 5) is 17.6. The zero-order chi connectivity index (χ0) is 25.1. The molecule has 35 heavy (non-hydrogen) atoms. The topological polar surface area (TPSA) is 89.7 Å². The van der Waals surface area contributed by atoms with Crippen molar-refractivity contribution in [1.82, 2.24) is 4.98 Å². The Kier molecular flexibility index (Phi) is 7.07. The molecule has 1 aromatic heterocycles. The van der Waals surface area contributed by atoms with E-state index in [1.54, 1.807) is 56.0 Å². The first kappa shape index (κ1) is 24.3. The van der Waals surface area contributed by atoms with Crippen LogP contribution < -0.4 is 19.5 Å². The number of aromatic nitrogens is 1. The van der Waals surface area contributed by atoms with E-state index in [0.29, 0.717) is 38.6 Å². The Morgan fingerprint density at radius 1 is 0.971 bits per heavy atom. The SMILES string of the molecule is COc1cc(NC(C(=O)c2c[nH]c3cc(OC)ccc23)c2ccc(F)cc2OC)cc(S(C)=O)c1. The number of fused-ring (bicyclic) bond motifs is 1. The molecule has 4 rings (SSSR count). The zero-order valence-electron chi connectivity index (χ0n) is 19.7. The number of hydrogen-bond donors (Lipinski definition) is 2. The number of ether oxygens (including phenoxy) is 3. The first-order chi connectivity index (χ1) is 16.8. The molecule has 0 bridgehead atoms. The number of anilines is 1. The van der Waals surface area contributed by atoms with Gasteiger partial charge in [0.1, 0.15) is 29.1 Å². The van der Waals surface area contributed by atoms with Gasteiger partial charge in [0, 0.05) is 74.1 Å². The fourth-order valence-electron chi connectivity index (χ4n) is 3.91. The molecule has 0 aliphatic rings. The van der Waals surface area contributed by atoms with Crippen molar-refractivity contribution in [2.45, 2.75) is 10.9 Å². The first-order valence-electron chi connectivity index (χ1n) is 10.7. The summed E-state index contributed by atoms with van der Waals surface area (Å²) in [6, 6.07) is 13.5. The zero-order valence-corrected chi connectivity index (χ0v) is 20.5. The summed E-state index contributed by atoms with van der Waals surface area (Å²) < 4.78 is 42.2. The van der Waals surface area contributed by atoms with E-state index >= 15 is 0 Å². The smallest absolute Gasteiger partial charge is 0.191 e. The van der Waals surface area contributed by atoms with E-state index in [0.717, 1.165) is 5.52 Å². The maximum atomic E-state index is 14.0. The van der Waals surface area contributed by atoms with Gasteiger partial charge in [0.15, 0.2) is 5.78 Å². The van der Waals surface area contributed by atoms with Crippen molar-refractivity contribution in [1.29, 1.82) is 0 Å². The third kappa shape index (κ3) is 5.00. The molecule has 7 nitrogen and oxygen atoms in total. The largest absolute Gasteiger partial charge is 0.497 e. The molecule has 182 valence electrons. The van der Waals surface area contributed by atoms with E-state index < -0.39 is 22.7 Å². The van der Waals surface area contributed by atoms with Gasteiger partial charge in [-0.15, -0.1) is 0 Å². The van der Waals surface area contributed by atoms with E-state index in [9.17, 15) is 13.4 Å². The number of carbonyl (C=O) groups is 1. The fraction of sp³-hybridized carbons (Fsp3) is 0.192. The van der Waals surface area contributed by atoms with Crippen LogP contribution in [0.2, 0.25) is 0 Å². The summed E-state index contributed by atoms with van der Waals surface area (Å²) in [6.07, 6.45) is 3.19. The minimum atomic E-state index is -1.28. The minimum Gasteiger partial charge on any atom is -0.497 e. The van der Waals surface area contributed by atoms with Gasteiger partial charge >= 0.3 is 0 Å². The molecule has 2 atom stereocenters. The highest BCUT2D eigenvalue weighted by Gasteiger charge is 2.28. The minimum absolute atomic E-state index is 0.222. The number of Topliss-reactive ketones (excluding diaryl/α,β-unsaturated/α-hetero) is 1. The van der Waals surface area contributed by atoms with Crippen LogP contribution in [0, 0.1) is 5.82 Å². The van der Waals surface area contributed by atoms with Gasteiger partial charge < -0.3 is 24.5 Å². The van der Waals surface area contributed by atoms with Gasteiger partial charge in [0.25, 0.3) is 0 Å². The summed E-state index contributed by atoms with van der Waals surface area (Å²) in [5.41, 5.74) is 2.14. The van der Waals surface area contributed by atoms with Crippen molar-refractivity contribution >= 4 is 33.2 Å². The molecule has 3 aromatic carbocycles. The van der Waals surface area contributed by atoms with Gasteiger partial charge in [-0.25, -0.2) is 4.39 Å². The van der Waals surface area contributed by atoms with Crippen LogP contribution in [0.15, 0.2) is 65.7 Å². The number of rotatable bonds is 9. The van der Waals surface area contributed by atoms with Gasteiger partial charge in [-0.3, -0.25) is 9.00 Å². The summed E-state index contributed by atoms with van der Waals surface area (Å²) in [5.74, 6) is 0.607. The average molecular weight is 497 g/mol. The van der Waals surface area contributed by atoms with Crippen molar-refractivity contribution < 1.29 is 27.6 Å². The molecule has 0 spiro atoms. The Morgan fingerprint density at radius 3 is 2.43 bits per heavy atom. The van der Waals surface area contributed by atoms with Crippen molar-refractivity contribution in [3.05, 3.63) is 77.7 Å². The number of aromatic amines is 1. The van der Waals surface area contributed by atoms with Crippen LogP contribution in [0.4, 0.5) is 10.1 Å². The maximum Gasteiger partial charge on any atom is 0.191 e. The molecule has 2 unspecified atom stereocenters. The lowest BCUT2D eigenvalue weighted by molar-refractivity contribution is 0.0970. The van der Waals surface area contributed by atoms with E-state index in [-0.39, 0.29) is 11.5 Å². The monoisotopic (exact) mass is 496 g/mol. The van der Waals surface area contributed by atoms with Crippen molar-refractivity contribution in [3.8, 4) is 17.2 Å². The van der Waals surface area contributed by atoms with Gasteiger partial charge in [0.05, 0.1) is 21.3 Å². The second-order valence-corrected chi connectivity index (χ2v) is 9.17. The highest BCUT2D eigenvalue weighted by atomic mass is 32.2. The van der Waals surface area contributed by atoms with E-state index in [1.165, 1.54) is 32.4 Å². The van der Waals surface area contributed by atoms with Crippen molar-refractivity contribution in [2.24, 2.45) is 0 Å². The Hall–Kier alpha value is -3.85. The standard InChI is InChI=1S/C26H25FN2O5S/c1-32-17-6-8-20-22(14-28-23(20)13-17)26(30)25(21-7-5-15(27)9-24(21)34-3)29-16-10-18(33-2)12-19(11-16)35(4)31/h5-14,25,28-29H,1-4H3. The lowest BCUT2D eigenvalue weighted by atomic mass is 9.95. The molecule has 0 amide bonds. The van der Waals surface area contributed by atoms with Crippen LogP contribution in [0.1, 0.15) is 22.0 Å². The van der Waals surface area contributed by atoms with Crippen molar-refractivity contribution in [3.63, 3.8) is 0 Å². The first-order valence-corrected chi connectivity index (χ1v) is 12.2. The number of nitrogens with one attached hydrogen (secondary N) is 2. The van der Waals surface area contributed by atoms with Crippen LogP contribution in [0.5, 0.6) is 17.2 Å². The highest BCUT2D eigenvalue weighted by molar-refractivity contribution is 7.84. The molecule has 0 saturated carbocycles. The Bertz CT molecular complexity index is 1420. The lowest BCUT2D eigenvalue weighted by Crippen LogP contribution is -2.22. The lowest BCUT2D eigenvalue weighted by Gasteiger charge is -2.22. The highest BCUT2D eigenvalue weighted by Crippen LogP contribution is 2.35. The molecule has 9 heteroatoms. The number of H-pyrrole nitrogens is 1. The second-order valence-electron chi connectivity index (χ2n) is 7.79. The number of halogens is 1. The van der Waals surface area contributed by atoms with Crippen LogP contribution >= 0.6 is 0 Å². The molecule has 0 saturated heterocycles. The molecule has 1 heterocycles. The summed E-state index contributed by atoms with van der Waals surface area (Å²) in [6.45, 7) is 0. The average Bonchev–Trinajstić information content (AvgIpc) is 3.29. The number of ketones is 1. The quantitative estimate of drug-likeness (QED) is 0.313. The third-order valence-corrected chi connectivity index (χ3v) is 6.58. The van der Waals surface area contributed by atoms with Gasteiger partial charge in [0.2, 0.25) is 0 Å². The predicted molar refractivity (Wildman–Crippen MR) is 134 cm³/mol. The van der Waals surface area contributed by atoms with Gasteiger partial charge in [-0.2, -0.15) is 0 Å². The van der Waals surface area contributed by atoms with E-state index in [1.807, 2.05) is 0 Å². The van der Waals surface area contributed by atoms with Crippen LogP contribution in [-0.2, 0) is 10.8 Å². The van der Waals surface area contributed by atoms with Crippen LogP contribution in [0.25, 0.3) is 10.9 Å². The number of carbonyl (C=O) groups excluding carboxylic acids is 1. The molecule has 0 aliphatic carbocycles. The molecule has 2 N–H and O–H groups in total. The summed E-state index contributed by atoms with van der Waals surface area (Å²) >= 11 is 0. The maximum absolute atomic E-state index is 14.0. The normalized spacial score (nSPS) is 12.7. The summed E-state index contributed by atoms with van der Waals surface area (Å²) in [5, 5.41) is 3.94. The van der Waals surface area contributed by atoms with Gasteiger partial charge in [-0.1, -0.05) is 0 Å². The van der Waals surface area contributed by atoms with E-state index in [2.05, 4.69) is 10.3 Å². The number of benzene rings is 3. The number of hydrogen-bond acceptors (Lipinski definition) is 6. The molecule has 0 fully saturated rings. The second kappa shape index (κ2) is 10.2. The Labute approximate surface area is 204 Å². The fourth-order valence-corrected chi connectivity index (χ4v) is 4.48. The van der Waals surface area contributed by atoms with E-state index in [4.69, 9.17) is 14.2 Å². The van der Waals surface area contributed by atoms with Crippen LogP contribution in [-0.4, -0.2) is 42.6 Å². The molecule has 0 aliphatic heterocycles. The van der Waals surface area contributed by atoms with Crippen molar-refractivity contribution in [2.75, 3.05) is 32.9 Å². The Morgan fingerprint density at radius 2 is 1.74 bits per heavy atom. The number of methoxy groups -OCH3 is 3. The molecule has 0 radical (unpaired) electrons. The molecular weight excluding hydrogens is 471 g/mol. The molecule has 4 aromatic rings. The van der Waals surface area contributed by atoms with Gasteiger partial charge in [-0.05, 0) is 36.4 Å². The third-order valence-electron chi connectivity index (χ3n) is 5.68. The Balaban J connectivity index is 1.84. The predicted octanol–water partition coefficient (Wildman–Crippen LogP) is 5.11. The molecular formula is C26H25FN2O5S. The summed E-state index contributed by atoms with van der Waals surface area (Å²) in [7, 11) is 3.22.